The molecule has 1 atom stereocenters. The van der Waals surface area contributed by atoms with Crippen LogP contribution in [0.4, 0.5) is 25.4 Å². The Bertz CT molecular complexity index is 902. The van der Waals surface area contributed by atoms with Crippen LogP contribution in [0, 0.1) is 5.82 Å². The molecule has 1 N–H and O–H groups in total. The minimum atomic E-state index is -0.424. The van der Waals surface area contributed by atoms with Gasteiger partial charge in [-0.05, 0) is 48.7 Å². The lowest BCUT2D eigenvalue weighted by molar-refractivity contribution is 0.181. The number of carbonyl (C=O) groups is 2. The van der Waals surface area contributed by atoms with E-state index in [-0.39, 0.29) is 17.9 Å². The highest BCUT2D eigenvalue weighted by Gasteiger charge is 2.30. The van der Waals surface area contributed by atoms with Gasteiger partial charge < -0.3 is 15.0 Å². The first-order valence-electron chi connectivity index (χ1n) is 8.94. The van der Waals surface area contributed by atoms with Crippen LogP contribution in [0.25, 0.3) is 0 Å². The van der Waals surface area contributed by atoms with Crippen LogP contribution in [0.2, 0.25) is 0 Å². The summed E-state index contributed by atoms with van der Waals surface area (Å²) in [6.45, 7) is 3.20. The summed E-state index contributed by atoms with van der Waals surface area (Å²) in [7, 11) is 0. The molecule has 7 heteroatoms. The minimum Gasteiger partial charge on any atom is -0.447 e. The molecule has 3 amide bonds. The van der Waals surface area contributed by atoms with Gasteiger partial charge in [-0.2, -0.15) is 0 Å². The van der Waals surface area contributed by atoms with Crippen molar-refractivity contribution in [1.82, 2.24) is 4.90 Å². The van der Waals surface area contributed by atoms with Crippen LogP contribution < -0.4 is 10.2 Å². The molecule has 0 radical (unpaired) electrons. The number of nitrogens with zero attached hydrogens (tertiary/aromatic N) is 2. The molecule has 2 heterocycles. The normalized spacial score (nSPS) is 18.9. The van der Waals surface area contributed by atoms with E-state index in [4.69, 9.17) is 4.74 Å². The number of para-hydroxylation sites is 2. The van der Waals surface area contributed by atoms with E-state index < -0.39 is 6.09 Å². The third kappa shape index (κ3) is 3.20. The number of urea groups is 1. The Hall–Kier alpha value is -3.09. The van der Waals surface area contributed by atoms with Crippen molar-refractivity contribution in [3.8, 4) is 0 Å². The SMILES string of the molecule is C[C@H]1c2cc(F)ccc2CCN1C(=O)Nc1ccccc1N1CCOC1=O. The Kier molecular flexibility index (Phi) is 4.43. The lowest BCUT2D eigenvalue weighted by atomic mass is 9.94. The molecule has 1 fully saturated rings. The fraction of sp³-hybridized carbons (Fsp3) is 0.300. The van der Waals surface area contributed by atoms with Crippen LogP contribution in [-0.4, -0.2) is 36.7 Å². The van der Waals surface area contributed by atoms with E-state index in [0.29, 0.717) is 37.5 Å². The molecule has 0 spiro atoms. The highest BCUT2D eigenvalue weighted by Crippen LogP contribution is 2.32. The van der Waals surface area contributed by atoms with Gasteiger partial charge in [0.05, 0.1) is 24.0 Å². The quantitative estimate of drug-likeness (QED) is 0.872. The number of ether oxygens (including phenoxy) is 1. The summed E-state index contributed by atoms with van der Waals surface area (Å²) in [5.74, 6) is -0.305. The summed E-state index contributed by atoms with van der Waals surface area (Å²) in [6.07, 6.45) is 0.250. The van der Waals surface area contributed by atoms with Gasteiger partial charge in [-0.15, -0.1) is 0 Å². The largest absolute Gasteiger partial charge is 0.447 e. The van der Waals surface area contributed by atoms with E-state index >= 15 is 0 Å². The van der Waals surface area contributed by atoms with Gasteiger partial charge in [0.2, 0.25) is 0 Å². The summed E-state index contributed by atoms with van der Waals surface area (Å²) < 4.78 is 18.6. The predicted octanol–water partition coefficient (Wildman–Crippen LogP) is 3.93. The zero-order valence-corrected chi connectivity index (χ0v) is 14.9. The smallest absolute Gasteiger partial charge is 0.414 e. The number of anilines is 2. The molecule has 0 aromatic heterocycles. The highest BCUT2D eigenvalue weighted by molar-refractivity contribution is 5.99. The number of cyclic esters (lactones) is 1. The van der Waals surface area contributed by atoms with Gasteiger partial charge in [0, 0.05) is 6.54 Å². The first-order chi connectivity index (χ1) is 13.0. The molecule has 140 valence electrons. The van der Waals surface area contributed by atoms with Crippen molar-refractivity contribution in [3.63, 3.8) is 0 Å². The lowest BCUT2D eigenvalue weighted by Crippen LogP contribution is -2.41. The number of fused-ring (bicyclic) bond motifs is 1. The molecule has 0 bridgehead atoms. The maximum Gasteiger partial charge on any atom is 0.414 e. The fourth-order valence-electron chi connectivity index (χ4n) is 3.68. The minimum absolute atomic E-state index is 0.242. The van der Waals surface area contributed by atoms with E-state index in [1.807, 2.05) is 6.92 Å². The lowest BCUT2D eigenvalue weighted by Gasteiger charge is -2.35. The van der Waals surface area contributed by atoms with Crippen molar-refractivity contribution in [2.75, 3.05) is 29.9 Å². The number of benzene rings is 2. The third-order valence-electron chi connectivity index (χ3n) is 5.11. The number of nitrogens with one attached hydrogen (secondary N) is 1. The van der Waals surface area contributed by atoms with Gasteiger partial charge in [-0.3, -0.25) is 4.90 Å². The summed E-state index contributed by atoms with van der Waals surface area (Å²) in [5, 5.41) is 2.90. The topological polar surface area (TPSA) is 61.9 Å². The van der Waals surface area contributed by atoms with Crippen LogP contribution in [-0.2, 0) is 11.2 Å². The average molecular weight is 369 g/mol. The molecule has 4 rings (SSSR count). The molecular weight excluding hydrogens is 349 g/mol. The molecular formula is C20H20FN3O3. The first-order valence-corrected chi connectivity index (χ1v) is 8.94. The summed E-state index contributed by atoms with van der Waals surface area (Å²) in [5.41, 5.74) is 3.03. The highest BCUT2D eigenvalue weighted by atomic mass is 19.1. The molecule has 2 aromatic carbocycles. The summed E-state index contributed by atoms with van der Waals surface area (Å²) in [4.78, 5) is 28.0. The average Bonchev–Trinajstić information content (AvgIpc) is 3.08. The zero-order valence-electron chi connectivity index (χ0n) is 14.9. The third-order valence-corrected chi connectivity index (χ3v) is 5.11. The van der Waals surface area contributed by atoms with Gasteiger partial charge in [0.1, 0.15) is 12.4 Å². The predicted molar refractivity (Wildman–Crippen MR) is 99.4 cm³/mol. The van der Waals surface area contributed by atoms with E-state index in [0.717, 1.165) is 11.1 Å². The number of amides is 3. The van der Waals surface area contributed by atoms with Crippen molar-refractivity contribution in [2.45, 2.75) is 19.4 Å². The maximum absolute atomic E-state index is 13.6. The Labute approximate surface area is 156 Å². The fourth-order valence-corrected chi connectivity index (χ4v) is 3.68. The Morgan fingerprint density at radius 3 is 2.81 bits per heavy atom. The molecule has 1 saturated heterocycles. The molecule has 6 nitrogen and oxygen atoms in total. The molecule has 0 saturated carbocycles. The van der Waals surface area contributed by atoms with Crippen molar-refractivity contribution < 1.29 is 18.7 Å². The Morgan fingerprint density at radius 2 is 2.04 bits per heavy atom. The second-order valence-corrected chi connectivity index (χ2v) is 6.68. The van der Waals surface area contributed by atoms with E-state index in [1.165, 1.54) is 17.0 Å². The number of rotatable bonds is 2. The van der Waals surface area contributed by atoms with Crippen molar-refractivity contribution in [1.29, 1.82) is 0 Å². The first kappa shape index (κ1) is 17.3. The number of carbonyl (C=O) groups excluding carboxylic acids is 2. The van der Waals surface area contributed by atoms with Gasteiger partial charge in [0.15, 0.2) is 0 Å². The standard InChI is InChI=1S/C20H20FN3O3/c1-13-16-12-15(21)7-6-14(16)8-9-23(13)19(25)22-17-4-2-3-5-18(17)24-10-11-27-20(24)26/h2-7,12-13H,8-11H2,1H3,(H,22,25)/t13-/m0/s1. The van der Waals surface area contributed by atoms with Gasteiger partial charge in [-0.25, -0.2) is 14.0 Å². The summed E-state index contributed by atoms with van der Waals surface area (Å²) in [6, 6.07) is 11.3. The van der Waals surface area contributed by atoms with E-state index in [9.17, 15) is 14.0 Å². The van der Waals surface area contributed by atoms with Crippen molar-refractivity contribution in [2.24, 2.45) is 0 Å². The number of hydrogen-bond donors (Lipinski definition) is 1. The number of halogens is 1. The van der Waals surface area contributed by atoms with Crippen LogP contribution in [0.1, 0.15) is 24.1 Å². The van der Waals surface area contributed by atoms with Gasteiger partial charge in [0.25, 0.3) is 0 Å². The van der Waals surface area contributed by atoms with E-state index in [1.54, 1.807) is 35.2 Å². The second-order valence-electron chi connectivity index (χ2n) is 6.68. The molecule has 0 unspecified atom stereocenters. The second kappa shape index (κ2) is 6.90. The molecule has 27 heavy (non-hydrogen) atoms. The molecule has 2 aliphatic heterocycles. The van der Waals surface area contributed by atoms with Crippen LogP contribution >= 0.6 is 0 Å². The zero-order chi connectivity index (χ0) is 19.0. The van der Waals surface area contributed by atoms with E-state index in [2.05, 4.69) is 5.32 Å². The summed E-state index contributed by atoms with van der Waals surface area (Å²) >= 11 is 0. The van der Waals surface area contributed by atoms with Crippen LogP contribution in [0.5, 0.6) is 0 Å². The van der Waals surface area contributed by atoms with Gasteiger partial charge in [-0.1, -0.05) is 18.2 Å². The number of hydrogen-bond acceptors (Lipinski definition) is 3. The van der Waals surface area contributed by atoms with Crippen molar-refractivity contribution in [3.05, 3.63) is 59.4 Å². The Balaban J connectivity index is 1.56. The Morgan fingerprint density at radius 1 is 1.22 bits per heavy atom. The molecule has 0 aliphatic carbocycles. The van der Waals surface area contributed by atoms with Crippen LogP contribution in [0.3, 0.4) is 0 Å². The molecule has 2 aliphatic rings. The molecule has 2 aromatic rings. The van der Waals surface area contributed by atoms with Gasteiger partial charge >= 0.3 is 12.1 Å². The maximum atomic E-state index is 13.6. The van der Waals surface area contributed by atoms with Crippen molar-refractivity contribution >= 4 is 23.5 Å². The monoisotopic (exact) mass is 369 g/mol. The van der Waals surface area contributed by atoms with Crippen LogP contribution in [0.15, 0.2) is 42.5 Å².